The molecule has 0 unspecified atom stereocenters. The van der Waals surface area contributed by atoms with Gasteiger partial charge in [-0.15, -0.1) is 0 Å². The summed E-state index contributed by atoms with van der Waals surface area (Å²) in [7, 11) is 0. The molecule has 0 saturated carbocycles. The molecule has 1 fully saturated rings. The molecule has 3 N–H and O–H groups in total. The number of halogens is 1. The van der Waals surface area contributed by atoms with Gasteiger partial charge in [0, 0.05) is 29.2 Å². The minimum absolute atomic E-state index is 0.0726. The van der Waals surface area contributed by atoms with Crippen LogP contribution < -0.4 is 16.6 Å². The van der Waals surface area contributed by atoms with E-state index in [2.05, 4.69) is 20.2 Å². The van der Waals surface area contributed by atoms with Crippen LogP contribution in [0.15, 0.2) is 33.9 Å². The van der Waals surface area contributed by atoms with Gasteiger partial charge in [0.1, 0.15) is 0 Å². The number of hydrogen-bond acceptors (Lipinski definition) is 4. The number of aryl methyl sites for hydroxylation is 1. The molecule has 3 rings (SSSR count). The molecule has 1 atom stereocenters. The van der Waals surface area contributed by atoms with Gasteiger partial charge in [-0.2, -0.15) is 0 Å². The zero-order chi connectivity index (χ0) is 20.1. The molecule has 0 spiro atoms. The molecule has 1 aliphatic heterocycles. The fourth-order valence-corrected chi connectivity index (χ4v) is 3.89. The molecule has 2 aromatic rings. The number of aromatic nitrogens is 2. The van der Waals surface area contributed by atoms with Gasteiger partial charge in [-0.05, 0) is 57.0 Å². The van der Waals surface area contributed by atoms with Gasteiger partial charge in [0.05, 0.1) is 6.04 Å². The fraction of sp³-hybridized carbons (Fsp3) is 0.450. The van der Waals surface area contributed by atoms with Crippen LogP contribution in [0.2, 0.25) is 5.02 Å². The molecule has 0 aliphatic carbocycles. The van der Waals surface area contributed by atoms with Crippen LogP contribution in [-0.4, -0.2) is 40.4 Å². The third kappa shape index (κ3) is 5.11. The molecule has 28 heavy (non-hydrogen) atoms. The van der Waals surface area contributed by atoms with Gasteiger partial charge >= 0.3 is 5.69 Å². The van der Waals surface area contributed by atoms with Gasteiger partial charge < -0.3 is 10.3 Å². The van der Waals surface area contributed by atoms with Crippen LogP contribution in [0.1, 0.15) is 42.1 Å². The second-order valence-corrected chi connectivity index (χ2v) is 7.57. The summed E-state index contributed by atoms with van der Waals surface area (Å²) in [5.41, 5.74) is 1.03. The van der Waals surface area contributed by atoms with E-state index in [-0.39, 0.29) is 24.8 Å². The second-order valence-electron chi connectivity index (χ2n) is 7.13. The number of amides is 1. The zero-order valence-electron chi connectivity index (χ0n) is 15.9. The van der Waals surface area contributed by atoms with Gasteiger partial charge in [0.15, 0.2) is 0 Å². The average molecular weight is 405 g/mol. The van der Waals surface area contributed by atoms with Crippen LogP contribution >= 0.6 is 11.6 Å². The van der Waals surface area contributed by atoms with Crippen LogP contribution in [0.25, 0.3) is 0 Å². The van der Waals surface area contributed by atoms with Gasteiger partial charge in [0.25, 0.3) is 5.56 Å². The first kappa shape index (κ1) is 20.4. The lowest BCUT2D eigenvalue weighted by Crippen LogP contribution is -2.37. The summed E-state index contributed by atoms with van der Waals surface area (Å²) in [5, 5.41) is 3.67. The van der Waals surface area contributed by atoms with Crippen molar-refractivity contribution < 1.29 is 4.79 Å². The smallest absolute Gasteiger partial charge is 0.325 e. The maximum Gasteiger partial charge on any atom is 0.325 e. The molecule has 1 aliphatic rings. The summed E-state index contributed by atoms with van der Waals surface area (Å²) in [6, 6.07) is 7.82. The summed E-state index contributed by atoms with van der Waals surface area (Å²) >= 11 is 6.15. The van der Waals surface area contributed by atoms with Crippen molar-refractivity contribution in [3.8, 4) is 0 Å². The Labute approximate surface area is 168 Å². The molecule has 1 aromatic heterocycles. The van der Waals surface area contributed by atoms with Crippen LogP contribution in [0, 0.1) is 6.92 Å². The van der Waals surface area contributed by atoms with E-state index in [1.54, 1.807) is 6.92 Å². The third-order valence-corrected chi connectivity index (χ3v) is 5.40. The fourth-order valence-electron chi connectivity index (χ4n) is 3.69. The Morgan fingerprint density at radius 2 is 2.00 bits per heavy atom. The highest BCUT2D eigenvalue weighted by atomic mass is 35.5. The highest BCUT2D eigenvalue weighted by Crippen LogP contribution is 2.26. The van der Waals surface area contributed by atoms with E-state index in [4.69, 9.17) is 11.6 Å². The number of likely N-dealkylation sites (tertiary alicyclic amines) is 1. The molecule has 8 heteroatoms. The first-order valence-corrected chi connectivity index (χ1v) is 9.90. The van der Waals surface area contributed by atoms with Crippen molar-refractivity contribution in [3.05, 3.63) is 66.9 Å². The average Bonchev–Trinajstić information content (AvgIpc) is 3.15. The highest BCUT2D eigenvalue weighted by Gasteiger charge is 2.24. The molecule has 2 heterocycles. The molecule has 0 radical (unpaired) electrons. The number of rotatable bonds is 7. The number of carbonyl (C=O) groups is 1. The topological polar surface area (TPSA) is 98.1 Å². The van der Waals surface area contributed by atoms with Crippen molar-refractivity contribution in [3.63, 3.8) is 0 Å². The van der Waals surface area contributed by atoms with Crippen molar-refractivity contribution in [2.45, 2.75) is 38.6 Å². The Morgan fingerprint density at radius 1 is 1.25 bits per heavy atom. The first-order chi connectivity index (χ1) is 13.4. The number of benzene rings is 1. The molecular formula is C20H25ClN4O3. The molecule has 150 valence electrons. The van der Waals surface area contributed by atoms with Crippen molar-refractivity contribution in [2.24, 2.45) is 0 Å². The van der Waals surface area contributed by atoms with Crippen LogP contribution in [0.4, 0.5) is 0 Å². The Hall–Kier alpha value is -2.38. The van der Waals surface area contributed by atoms with E-state index in [0.717, 1.165) is 31.5 Å². The predicted octanol–water partition coefficient (Wildman–Crippen LogP) is 1.91. The standard InChI is InChI=1S/C20H25ClN4O3/c1-13-16(19(27)24-20(28)23-13)7-8-18(26)22-12-17(25-9-2-3-10-25)14-5-4-6-15(21)11-14/h4-6,11,17H,2-3,7-10,12H2,1H3,(H,22,26)(H2,23,24,27,28)/t17-/m1/s1. The largest absolute Gasteiger partial charge is 0.354 e. The Morgan fingerprint density at radius 3 is 2.68 bits per heavy atom. The Kier molecular flexibility index (Phi) is 6.70. The molecule has 1 aromatic carbocycles. The minimum atomic E-state index is -0.536. The molecule has 1 amide bonds. The van der Waals surface area contributed by atoms with E-state index in [1.165, 1.54) is 0 Å². The van der Waals surface area contributed by atoms with Crippen molar-refractivity contribution in [1.29, 1.82) is 0 Å². The monoisotopic (exact) mass is 404 g/mol. The molecular weight excluding hydrogens is 380 g/mol. The van der Waals surface area contributed by atoms with E-state index in [1.807, 2.05) is 24.3 Å². The van der Waals surface area contributed by atoms with Crippen molar-refractivity contribution in [1.82, 2.24) is 20.2 Å². The lowest BCUT2D eigenvalue weighted by atomic mass is 10.1. The lowest BCUT2D eigenvalue weighted by Gasteiger charge is -2.28. The lowest BCUT2D eigenvalue weighted by molar-refractivity contribution is -0.121. The molecule has 7 nitrogen and oxygen atoms in total. The van der Waals surface area contributed by atoms with Crippen LogP contribution in [-0.2, 0) is 11.2 Å². The molecule has 0 bridgehead atoms. The summed E-state index contributed by atoms with van der Waals surface area (Å²) in [5.74, 6) is -0.128. The first-order valence-electron chi connectivity index (χ1n) is 9.52. The Bertz CT molecular complexity index is 947. The summed E-state index contributed by atoms with van der Waals surface area (Å²) < 4.78 is 0. The van der Waals surface area contributed by atoms with Gasteiger partial charge in [-0.3, -0.25) is 19.5 Å². The van der Waals surface area contributed by atoms with E-state index < -0.39 is 11.2 Å². The summed E-state index contributed by atoms with van der Waals surface area (Å²) in [6.45, 7) is 4.14. The van der Waals surface area contributed by atoms with Crippen LogP contribution in [0.5, 0.6) is 0 Å². The normalized spacial score (nSPS) is 15.5. The maximum atomic E-state index is 12.4. The van der Waals surface area contributed by atoms with Gasteiger partial charge in [0.2, 0.25) is 5.91 Å². The predicted molar refractivity (Wildman–Crippen MR) is 109 cm³/mol. The van der Waals surface area contributed by atoms with Crippen LogP contribution in [0.3, 0.4) is 0 Å². The summed E-state index contributed by atoms with van der Waals surface area (Å²) in [4.78, 5) is 42.7. The number of hydrogen-bond donors (Lipinski definition) is 3. The van der Waals surface area contributed by atoms with E-state index >= 15 is 0 Å². The highest BCUT2D eigenvalue weighted by molar-refractivity contribution is 6.30. The SMILES string of the molecule is Cc1[nH]c(=O)[nH]c(=O)c1CCC(=O)NC[C@H](c1cccc(Cl)c1)N1CCCC1. The third-order valence-electron chi connectivity index (χ3n) is 5.16. The van der Waals surface area contributed by atoms with Crippen molar-refractivity contribution >= 4 is 17.5 Å². The number of nitrogens with one attached hydrogen (secondary N) is 3. The number of carbonyl (C=O) groups excluding carboxylic acids is 1. The van der Waals surface area contributed by atoms with Gasteiger partial charge in [-0.1, -0.05) is 23.7 Å². The van der Waals surface area contributed by atoms with E-state index in [9.17, 15) is 14.4 Å². The minimum Gasteiger partial charge on any atom is -0.354 e. The number of aromatic amines is 2. The maximum absolute atomic E-state index is 12.4. The van der Waals surface area contributed by atoms with Crippen molar-refractivity contribution in [2.75, 3.05) is 19.6 Å². The second kappa shape index (κ2) is 9.21. The number of nitrogens with zero attached hydrogens (tertiary/aromatic N) is 1. The number of H-pyrrole nitrogens is 2. The van der Waals surface area contributed by atoms with E-state index in [0.29, 0.717) is 22.8 Å². The molecule has 1 saturated heterocycles. The van der Waals surface area contributed by atoms with Gasteiger partial charge in [-0.25, -0.2) is 4.79 Å². The summed E-state index contributed by atoms with van der Waals surface area (Å²) in [6.07, 6.45) is 2.76. The quantitative estimate of drug-likeness (QED) is 0.656. The Balaban J connectivity index is 1.62. The zero-order valence-corrected chi connectivity index (χ0v) is 16.6.